The molecule has 2 aromatic carbocycles. The van der Waals surface area contributed by atoms with Crippen LogP contribution in [0.3, 0.4) is 0 Å². The second-order valence-corrected chi connectivity index (χ2v) is 7.07. The van der Waals surface area contributed by atoms with E-state index in [1.807, 2.05) is 24.3 Å². The van der Waals surface area contributed by atoms with Gasteiger partial charge in [0, 0.05) is 30.0 Å². The summed E-state index contributed by atoms with van der Waals surface area (Å²) >= 11 is 0. The number of anilines is 2. The minimum absolute atomic E-state index is 0.104. The summed E-state index contributed by atoms with van der Waals surface area (Å²) in [6, 6.07) is 15.4. The smallest absolute Gasteiger partial charge is 0.255 e. The van der Waals surface area contributed by atoms with Gasteiger partial charge in [-0.3, -0.25) is 4.79 Å². The minimum atomic E-state index is -0.104. The first kappa shape index (κ1) is 18.3. The number of nitrogens with zero attached hydrogens (tertiary/aromatic N) is 1. The second-order valence-electron chi connectivity index (χ2n) is 7.07. The number of nitrogens with one attached hydrogen (secondary N) is 1. The highest BCUT2D eigenvalue weighted by molar-refractivity contribution is 6.04. The molecule has 0 radical (unpaired) electrons. The molecule has 0 aliphatic carbocycles. The van der Waals surface area contributed by atoms with Gasteiger partial charge in [0.05, 0.1) is 6.61 Å². The van der Waals surface area contributed by atoms with Crippen molar-refractivity contribution in [1.29, 1.82) is 0 Å². The molecule has 1 aliphatic rings. The summed E-state index contributed by atoms with van der Waals surface area (Å²) in [5, 5.41) is 2.96. The fourth-order valence-corrected chi connectivity index (χ4v) is 3.17. The molecular weight excluding hydrogens is 324 g/mol. The Morgan fingerprint density at radius 2 is 1.88 bits per heavy atom. The molecule has 4 nitrogen and oxygen atoms in total. The Bertz CT molecular complexity index is 710. The van der Waals surface area contributed by atoms with Gasteiger partial charge in [0.25, 0.3) is 5.91 Å². The van der Waals surface area contributed by atoms with Gasteiger partial charge in [-0.25, -0.2) is 0 Å². The van der Waals surface area contributed by atoms with E-state index in [1.54, 1.807) is 12.1 Å². The van der Waals surface area contributed by atoms with Crippen LogP contribution in [0.4, 0.5) is 11.4 Å². The maximum Gasteiger partial charge on any atom is 0.255 e. The Balaban J connectivity index is 1.55. The van der Waals surface area contributed by atoms with Crippen molar-refractivity contribution in [3.05, 3.63) is 54.1 Å². The molecule has 26 heavy (non-hydrogen) atoms. The third kappa shape index (κ3) is 4.78. The molecule has 1 atom stereocenters. The van der Waals surface area contributed by atoms with Crippen LogP contribution in [0.2, 0.25) is 0 Å². The van der Waals surface area contributed by atoms with E-state index in [2.05, 4.69) is 36.2 Å². The van der Waals surface area contributed by atoms with Gasteiger partial charge >= 0.3 is 0 Å². The largest absolute Gasteiger partial charge is 0.494 e. The highest BCUT2D eigenvalue weighted by Gasteiger charge is 2.18. The molecule has 2 aromatic rings. The van der Waals surface area contributed by atoms with Gasteiger partial charge in [0.2, 0.25) is 0 Å². The van der Waals surface area contributed by atoms with Crippen LogP contribution >= 0.6 is 0 Å². The van der Waals surface area contributed by atoms with Gasteiger partial charge in [-0.2, -0.15) is 0 Å². The molecule has 3 rings (SSSR count). The van der Waals surface area contributed by atoms with Crippen LogP contribution in [0.15, 0.2) is 48.5 Å². The number of rotatable bonds is 7. The molecule has 1 fully saturated rings. The summed E-state index contributed by atoms with van der Waals surface area (Å²) in [7, 11) is 0. The van der Waals surface area contributed by atoms with Gasteiger partial charge in [-0.05, 0) is 67.3 Å². The molecule has 0 spiro atoms. The third-order valence-electron chi connectivity index (χ3n) is 4.80. The number of ether oxygens (including phenoxy) is 1. The van der Waals surface area contributed by atoms with Crippen LogP contribution in [0.5, 0.6) is 5.75 Å². The number of carbonyl (C=O) groups is 1. The Kier molecular flexibility index (Phi) is 6.16. The molecule has 0 saturated carbocycles. The summed E-state index contributed by atoms with van der Waals surface area (Å²) in [5.41, 5.74) is 2.67. The average molecular weight is 352 g/mol. The predicted molar refractivity (Wildman–Crippen MR) is 107 cm³/mol. The monoisotopic (exact) mass is 352 g/mol. The van der Waals surface area contributed by atoms with Crippen molar-refractivity contribution in [3.63, 3.8) is 0 Å². The number of hydrogen-bond donors (Lipinski definition) is 1. The molecule has 1 heterocycles. The van der Waals surface area contributed by atoms with Crippen molar-refractivity contribution in [1.82, 2.24) is 0 Å². The van der Waals surface area contributed by atoms with Crippen LogP contribution in [0.25, 0.3) is 0 Å². The first-order chi connectivity index (χ1) is 12.7. The van der Waals surface area contributed by atoms with E-state index >= 15 is 0 Å². The van der Waals surface area contributed by atoms with E-state index in [4.69, 9.17) is 4.74 Å². The van der Waals surface area contributed by atoms with Gasteiger partial charge in [0.1, 0.15) is 5.75 Å². The second kappa shape index (κ2) is 8.75. The first-order valence-corrected chi connectivity index (χ1v) is 9.55. The van der Waals surface area contributed by atoms with Crippen LogP contribution in [0.1, 0.15) is 43.5 Å². The molecule has 138 valence electrons. The van der Waals surface area contributed by atoms with Gasteiger partial charge < -0.3 is 15.0 Å². The molecule has 0 bridgehead atoms. The SMILES string of the molecule is CCCCOc1ccc(C(=O)Nc2ccc(N3CCC(C)C3)cc2)cc1. The lowest BCUT2D eigenvalue weighted by molar-refractivity contribution is 0.102. The van der Waals surface area contributed by atoms with Crippen molar-refractivity contribution < 1.29 is 9.53 Å². The van der Waals surface area contributed by atoms with Crippen LogP contribution in [-0.4, -0.2) is 25.6 Å². The van der Waals surface area contributed by atoms with Crippen LogP contribution in [0, 0.1) is 5.92 Å². The normalized spacial score (nSPS) is 16.5. The van der Waals surface area contributed by atoms with E-state index in [-0.39, 0.29) is 5.91 Å². The number of carbonyl (C=O) groups excluding carboxylic acids is 1. The predicted octanol–water partition coefficient (Wildman–Crippen LogP) is 4.96. The minimum Gasteiger partial charge on any atom is -0.494 e. The van der Waals surface area contributed by atoms with Crippen molar-refractivity contribution >= 4 is 17.3 Å². The van der Waals surface area contributed by atoms with Gasteiger partial charge in [-0.1, -0.05) is 20.3 Å². The van der Waals surface area contributed by atoms with E-state index in [9.17, 15) is 4.79 Å². The van der Waals surface area contributed by atoms with Crippen molar-refractivity contribution in [2.24, 2.45) is 5.92 Å². The Morgan fingerprint density at radius 3 is 2.50 bits per heavy atom. The molecule has 1 aliphatic heterocycles. The Morgan fingerprint density at radius 1 is 1.15 bits per heavy atom. The summed E-state index contributed by atoms with van der Waals surface area (Å²) < 4.78 is 5.63. The summed E-state index contributed by atoms with van der Waals surface area (Å²) in [4.78, 5) is 14.8. The molecular formula is C22H28N2O2. The zero-order chi connectivity index (χ0) is 18.4. The zero-order valence-corrected chi connectivity index (χ0v) is 15.7. The van der Waals surface area contributed by atoms with Crippen LogP contribution in [-0.2, 0) is 0 Å². The van der Waals surface area contributed by atoms with E-state index in [0.29, 0.717) is 12.2 Å². The maximum atomic E-state index is 12.4. The lowest BCUT2D eigenvalue weighted by Crippen LogP contribution is -2.19. The lowest BCUT2D eigenvalue weighted by atomic mass is 10.2. The van der Waals surface area contributed by atoms with E-state index in [1.165, 1.54) is 12.1 Å². The van der Waals surface area contributed by atoms with Crippen molar-refractivity contribution in [3.8, 4) is 5.75 Å². The number of benzene rings is 2. The Labute approximate surface area is 156 Å². The number of unbranched alkanes of at least 4 members (excludes halogenated alkanes) is 1. The molecule has 1 N–H and O–H groups in total. The maximum absolute atomic E-state index is 12.4. The first-order valence-electron chi connectivity index (χ1n) is 9.55. The summed E-state index contributed by atoms with van der Waals surface area (Å²) in [6.45, 7) is 7.35. The quantitative estimate of drug-likeness (QED) is 0.716. The topological polar surface area (TPSA) is 41.6 Å². The molecule has 0 aromatic heterocycles. The van der Waals surface area contributed by atoms with Crippen molar-refractivity contribution in [2.75, 3.05) is 29.9 Å². The highest BCUT2D eigenvalue weighted by Crippen LogP contribution is 2.25. The number of hydrogen-bond acceptors (Lipinski definition) is 3. The lowest BCUT2D eigenvalue weighted by Gasteiger charge is -2.18. The number of amides is 1. The molecule has 4 heteroatoms. The van der Waals surface area contributed by atoms with E-state index < -0.39 is 0 Å². The Hall–Kier alpha value is -2.49. The summed E-state index contributed by atoms with van der Waals surface area (Å²) in [5.74, 6) is 1.45. The standard InChI is InChI=1S/C22H28N2O2/c1-3-4-15-26-21-11-5-18(6-12-21)22(25)23-19-7-9-20(10-8-19)24-14-13-17(2)16-24/h5-12,17H,3-4,13-16H2,1-2H3,(H,23,25). The molecule has 1 amide bonds. The van der Waals surface area contributed by atoms with Gasteiger partial charge in [0.15, 0.2) is 0 Å². The highest BCUT2D eigenvalue weighted by atomic mass is 16.5. The average Bonchev–Trinajstić information content (AvgIpc) is 3.09. The fourth-order valence-electron chi connectivity index (χ4n) is 3.17. The van der Waals surface area contributed by atoms with E-state index in [0.717, 1.165) is 43.3 Å². The van der Waals surface area contributed by atoms with Gasteiger partial charge in [-0.15, -0.1) is 0 Å². The van der Waals surface area contributed by atoms with Crippen LogP contribution < -0.4 is 15.0 Å². The zero-order valence-electron chi connectivity index (χ0n) is 15.7. The molecule has 1 unspecified atom stereocenters. The fraction of sp³-hybridized carbons (Fsp3) is 0.409. The third-order valence-corrected chi connectivity index (χ3v) is 4.80. The molecule has 1 saturated heterocycles. The summed E-state index contributed by atoms with van der Waals surface area (Å²) in [6.07, 6.45) is 3.39. The van der Waals surface area contributed by atoms with Crippen molar-refractivity contribution in [2.45, 2.75) is 33.1 Å².